The van der Waals surface area contributed by atoms with Crippen LogP contribution < -0.4 is 10.9 Å². The maximum Gasteiger partial charge on any atom is 0.417 e. The monoisotopic (exact) mass is 367 g/mol. The Morgan fingerprint density at radius 1 is 1.19 bits per heavy atom. The number of carbonyl (C=O) groups excluding carboxylic acids is 2. The zero-order chi connectivity index (χ0) is 19.3. The topological polar surface area (TPSA) is 80.3 Å². The molecule has 0 fully saturated rings. The normalized spacial score (nSPS) is 11.0. The van der Waals surface area contributed by atoms with Crippen molar-refractivity contribution in [2.45, 2.75) is 20.0 Å². The Morgan fingerprint density at radius 3 is 2.42 bits per heavy atom. The van der Waals surface area contributed by atoms with E-state index in [1.807, 2.05) is 0 Å². The summed E-state index contributed by atoms with van der Waals surface area (Å²) in [4.78, 5) is 28.0. The van der Waals surface area contributed by atoms with Crippen LogP contribution in [0, 0.1) is 6.92 Å². The highest BCUT2D eigenvalue weighted by Gasteiger charge is 2.38. The van der Waals surface area contributed by atoms with Gasteiger partial charge >= 0.3 is 12.1 Å². The molecule has 9 heteroatoms. The number of alkyl halides is 3. The first-order chi connectivity index (χ1) is 12.2. The van der Waals surface area contributed by atoms with Crippen LogP contribution in [0.4, 0.5) is 19.0 Å². The number of pyridine rings is 1. The molecule has 0 atom stereocenters. The van der Waals surface area contributed by atoms with Gasteiger partial charge < -0.3 is 4.74 Å². The Balaban J connectivity index is 2.38. The van der Waals surface area contributed by atoms with Gasteiger partial charge in [0.25, 0.3) is 5.91 Å². The van der Waals surface area contributed by atoms with E-state index in [9.17, 15) is 22.8 Å². The van der Waals surface area contributed by atoms with Gasteiger partial charge in [0.2, 0.25) is 0 Å². The van der Waals surface area contributed by atoms with Crippen molar-refractivity contribution in [3.63, 3.8) is 0 Å². The zero-order valence-corrected chi connectivity index (χ0v) is 14.0. The molecule has 2 aromatic rings. The molecule has 0 saturated heterocycles. The number of carbonyl (C=O) groups is 2. The fourth-order valence-corrected chi connectivity index (χ4v) is 2.17. The van der Waals surface area contributed by atoms with E-state index in [1.165, 1.54) is 26.0 Å². The van der Waals surface area contributed by atoms with Crippen LogP contribution in [0.15, 0.2) is 36.4 Å². The molecule has 1 heterocycles. The molecule has 0 saturated carbocycles. The third-order valence-electron chi connectivity index (χ3n) is 3.26. The Bertz CT molecular complexity index is 808. The molecular formula is C17H16F3N3O3. The van der Waals surface area contributed by atoms with Gasteiger partial charge in [-0.05, 0) is 32.0 Å². The summed E-state index contributed by atoms with van der Waals surface area (Å²) in [6, 6.07) is 8.76. The smallest absolute Gasteiger partial charge is 0.417 e. The van der Waals surface area contributed by atoms with E-state index >= 15 is 0 Å². The third kappa shape index (κ3) is 4.50. The van der Waals surface area contributed by atoms with Crippen LogP contribution in [-0.2, 0) is 10.9 Å². The molecule has 0 aliphatic carbocycles. The molecule has 1 aromatic heterocycles. The van der Waals surface area contributed by atoms with Gasteiger partial charge in [0.15, 0.2) is 5.82 Å². The molecule has 2 N–H and O–H groups in total. The standard InChI is InChI=1S/C17H16F3N3O3/c1-3-26-16(25)13-12(17(18,19)20)9-10(2)21-14(13)22-23-15(24)11-7-5-4-6-8-11/h4-9H,3H2,1-2H3,(H,21,22)(H,23,24). The first-order valence-electron chi connectivity index (χ1n) is 7.61. The van der Waals surface area contributed by atoms with Crippen LogP contribution in [0.2, 0.25) is 0 Å². The highest BCUT2D eigenvalue weighted by atomic mass is 19.4. The lowest BCUT2D eigenvalue weighted by Gasteiger charge is -2.17. The summed E-state index contributed by atoms with van der Waals surface area (Å²) >= 11 is 0. The summed E-state index contributed by atoms with van der Waals surface area (Å²) in [7, 11) is 0. The lowest BCUT2D eigenvalue weighted by molar-refractivity contribution is -0.138. The minimum atomic E-state index is -4.80. The molecular weight excluding hydrogens is 351 g/mol. The average Bonchev–Trinajstić information content (AvgIpc) is 2.59. The van der Waals surface area contributed by atoms with Crippen LogP contribution in [0.5, 0.6) is 0 Å². The van der Waals surface area contributed by atoms with Crippen LogP contribution in [0.25, 0.3) is 0 Å². The van der Waals surface area contributed by atoms with Crippen LogP contribution in [0.3, 0.4) is 0 Å². The van der Waals surface area contributed by atoms with Gasteiger partial charge in [0.05, 0.1) is 12.2 Å². The van der Waals surface area contributed by atoms with E-state index in [4.69, 9.17) is 4.74 Å². The van der Waals surface area contributed by atoms with Crippen LogP contribution in [-0.4, -0.2) is 23.5 Å². The summed E-state index contributed by atoms with van der Waals surface area (Å²) < 4.78 is 44.7. The Morgan fingerprint density at radius 2 is 1.85 bits per heavy atom. The zero-order valence-electron chi connectivity index (χ0n) is 14.0. The summed E-state index contributed by atoms with van der Waals surface area (Å²) in [5, 5.41) is 0. The number of nitrogens with zero attached hydrogens (tertiary/aromatic N) is 1. The Kier molecular flexibility index (Phi) is 5.81. The molecule has 0 bridgehead atoms. The molecule has 1 aromatic carbocycles. The quantitative estimate of drug-likeness (QED) is 0.626. The molecule has 0 spiro atoms. The number of aromatic nitrogens is 1. The predicted molar refractivity (Wildman–Crippen MR) is 87.5 cm³/mol. The van der Waals surface area contributed by atoms with Crippen molar-refractivity contribution in [3.8, 4) is 0 Å². The number of hydrogen-bond acceptors (Lipinski definition) is 5. The number of amides is 1. The summed E-state index contributed by atoms with van der Waals surface area (Å²) in [6.45, 7) is 2.70. The second-order valence-electron chi connectivity index (χ2n) is 5.20. The molecule has 0 unspecified atom stereocenters. The fraction of sp³-hybridized carbons (Fsp3) is 0.235. The predicted octanol–water partition coefficient (Wildman–Crippen LogP) is 3.34. The van der Waals surface area contributed by atoms with E-state index in [2.05, 4.69) is 15.8 Å². The number of aryl methyl sites for hydroxylation is 1. The molecule has 6 nitrogen and oxygen atoms in total. The second-order valence-corrected chi connectivity index (χ2v) is 5.20. The minimum absolute atomic E-state index is 0.0156. The number of rotatable bonds is 5. The van der Waals surface area contributed by atoms with E-state index in [0.29, 0.717) is 0 Å². The number of hydrogen-bond donors (Lipinski definition) is 2. The van der Waals surface area contributed by atoms with Crippen molar-refractivity contribution < 1.29 is 27.5 Å². The van der Waals surface area contributed by atoms with Crippen molar-refractivity contribution in [2.75, 3.05) is 12.0 Å². The van der Waals surface area contributed by atoms with E-state index in [-0.39, 0.29) is 17.9 Å². The number of hydrazine groups is 1. The molecule has 26 heavy (non-hydrogen) atoms. The number of ether oxygens (including phenoxy) is 1. The molecule has 0 radical (unpaired) electrons. The van der Waals surface area contributed by atoms with Gasteiger partial charge in [-0.15, -0.1) is 0 Å². The third-order valence-corrected chi connectivity index (χ3v) is 3.26. The maximum absolute atomic E-state index is 13.3. The average molecular weight is 367 g/mol. The Hall–Kier alpha value is -3.10. The number of nitrogens with one attached hydrogen (secondary N) is 2. The minimum Gasteiger partial charge on any atom is -0.462 e. The van der Waals surface area contributed by atoms with E-state index in [0.717, 1.165) is 6.07 Å². The van der Waals surface area contributed by atoms with Gasteiger partial charge in [-0.25, -0.2) is 9.78 Å². The number of benzene rings is 1. The second kappa shape index (κ2) is 7.85. The Labute approximate surface area is 147 Å². The lowest BCUT2D eigenvalue weighted by atomic mass is 10.1. The maximum atomic E-state index is 13.3. The van der Waals surface area contributed by atoms with Gasteiger partial charge in [-0.2, -0.15) is 13.2 Å². The lowest BCUT2D eigenvalue weighted by Crippen LogP contribution is -2.32. The van der Waals surface area contributed by atoms with Gasteiger partial charge in [-0.3, -0.25) is 15.6 Å². The first-order valence-corrected chi connectivity index (χ1v) is 7.61. The summed E-state index contributed by atoms with van der Waals surface area (Å²) in [5.74, 6) is -2.24. The molecule has 1 amide bonds. The van der Waals surface area contributed by atoms with Crippen molar-refractivity contribution >= 4 is 17.7 Å². The van der Waals surface area contributed by atoms with Crippen molar-refractivity contribution in [1.82, 2.24) is 10.4 Å². The number of anilines is 1. The summed E-state index contributed by atoms with van der Waals surface area (Å²) in [5.41, 5.74) is 2.83. The molecule has 0 aliphatic rings. The van der Waals surface area contributed by atoms with Crippen LogP contribution in [0.1, 0.15) is 38.9 Å². The highest BCUT2D eigenvalue weighted by Crippen LogP contribution is 2.35. The summed E-state index contributed by atoms with van der Waals surface area (Å²) in [6.07, 6.45) is -4.80. The van der Waals surface area contributed by atoms with E-state index < -0.39 is 35.0 Å². The van der Waals surface area contributed by atoms with Crippen molar-refractivity contribution in [1.29, 1.82) is 0 Å². The van der Waals surface area contributed by atoms with Gasteiger partial charge in [0.1, 0.15) is 5.56 Å². The molecule has 138 valence electrons. The van der Waals surface area contributed by atoms with Crippen molar-refractivity contribution in [2.24, 2.45) is 0 Å². The van der Waals surface area contributed by atoms with Crippen molar-refractivity contribution in [3.05, 3.63) is 58.8 Å². The fourth-order valence-electron chi connectivity index (χ4n) is 2.17. The van der Waals surface area contributed by atoms with Gasteiger partial charge in [-0.1, -0.05) is 18.2 Å². The molecule has 2 rings (SSSR count). The number of halogens is 3. The van der Waals surface area contributed by atoms with Crippen LogP contribution >= 0.6 is 0 Å². The number of esters is 1. The van der Waals surface area contributed by atoms with Gasteiger partial charge in [0, 0.05) is 11.3 Å². The highest BCUT2D eigenvalue weighted by molar-refractivity contribution is 5.98. The van der Waals surface area contributed by atoms with E-state index in [1.54, 1.807) is 18.2 Å². The SMILES string of the molecule is CCOC(=O)c1c(C(F)(F)F)cc(C)nc1NNC(=O)c1ccccc1. The largest absolute Gasteiger partial charge is 0.462 e. The first kappa shape index (κ1) is 19.2. The molecule has 0 aliphatic heterocycles.